The van der Waals surface area contributed by atoms with Crippen LogP contribution in [-0.4, -0.2) is 61.4 Å². The van der Waals surface area contributed by atoms with Crippen LogP contribution in [0.1, 0.15) is 47.4 Å². The van der Waals surface area contributed by atoms with E-state index in [-0.39, 0.29) is 61.0 Å². The van der Waals surface area contributed by atoms with Gasteiger partial charge in [-0.25, -0.2) is 13.2 Å². The van der Waals surface area contributed by atoms with Gasteiger partial charge in [-0.1, -0.05) is 11.3 Å². The number of fused-ring (bicyclic) bond motifs is 1. The van der Waals surface area contributed by atoms with Gasteiger partial charge in [0.2, 0.25) is 10.0 Å². The molecule has 0 unspecified atom stereocenters. The Hall–Kier alpha value is -4.37. The van der Waals surface area contributed by atoms with Gasteiger partial charge < -0.3 is 14.0 Å². The van der Waals surface area contributed by atoms with Crippen LogP contribution in [0.15, 0.2) is 52.4 Å². The van der Waals surface area contributed by atoms with E-state index < -0.39 is 27.9 Å². The van der Waals surface area contributed by atoms with E-state index in [0.29, 0.717) is 15.8 Å². The van der Waals surface area contributed by atoms with Gasteiger partial charge in [-0.3, -0.25) is 9.59 Å². The number of nitriles is 2. The van der Waals surface area contributed by atoms with Gasteiger partial charge in [0.1, 0.15) is 6.54 Å². The molecule has 0 fully saturated rings. The van der Waals surface area contributed by atoms with Crippen molar-refractivity contribution in [3.05, 3.63) is 58.4 Å². The molecule has 0 radical (unpaired) electrons. The van der Waals surface area contributed by atoms with Crippen LogP contribution in [0.2, 0.25) is 0 Å². The predicted molar refractivity (Wildman–Crippen MR) is 148 cm³/mol. The average Bonchev–Trinajstić information content (AvgIpc) is 3.28. The van der Waals surface area contributed by atoms with E-state index in [0.717, 1.165) is 15.6 Å². The molecule has 214 valence electrons. The van der Waals surface area contributed by atoms with E-state index in [9.17, 15) is 22.8 Å². The fourth-order valence-corrected chi connectivity index (χ4v) is 6.27. The summed E-state index contributed by atoms with van der Waals surface area (Å²) < 4.78 is 39.4. The van der Waals surface area contributed by atoms with Crippen LogP contribution in [0.3, 0.4) is 0 Å². The Balaban J connectivity index is 1.99. The Morgan fingerprint density at radius 3 is 2.15 bits per heavy atom. The van der Waals surface area contributed by atoms with Crippen LogP contribution < -0.4 is 4.80 Å². The second-order valence-electron chi connectivity index (χ2n) is 8.34. The van der Waals surface area contributed by atoms with Gasteiger partial charge in [-0.05, 0) is 56.3 Å². The normalized spacial score (nSPS) is 11.7. The molecule has 3 aromatic rings. The summed E-state index contributed by atoms with van der Waals surface area (Å²) in [6.45, 7) is 3.37. The van der Waals surface area contributed by atoms with Crippen molar-refractivity contribution < 1.29 is 32.3 Å². The summed E-state index contributed by atoms with van der Waals surface area (Å²) in [4.78, 5) is 41.9. The Morgan fingerprint density at radius 1 is 0.951 bits per heavy atom. The first-order valence-corrected chi connectivity index (χ1v) is 14.8. The molecule has 1 aromatic heterocycles. The van der Waals surface area contributed by atoms with E-state index in [1.165, 1.54) is 28.8 Å². The zero-order valence-electron chi connectivity index (χ0n) is 22.4. The Labute approximate surface area is 240 Å². The molecule has 0 aliphatic carbocycles. The van der Waals surface area contributed by atoms with Crippen molar-refractivity contribution in [2.24, 2.45) is 4.99 Å². The zero-order valence-corrected chi connectivity index (χ0v) is 24.0. The largest absolute Gasteiger partial charge is 0.465 e. The lowest BCUT2D eigenvalue weighted by molar-refractivity contribution is -0.143. The number of rotatable bonds is 12. The SMILES string of the molecule is CCOC(=O)Cn1c(=NC(=O)c2ccc(S(=O)(=O)N(CCC#N)CCC#N)cc2)sc2cc(C(=O)OCC)ccc21. The number of aromatic nitrogens is 1. The molecule has 1 amide bonds. The molecular formula is C27H27N5O7S2. The number of esters is 2. The number of benzene rings is 2. The first kappa shape index (κ1) is 31.2. The van der Waals surface area contributed by atoms with Crippen LogP contribution in [0.4, 0.5) is 0 Å². The highest BCUT2D eigenvalue weighted by molar-refractivity contribution is 7.89. The average molecular weight is 598 g/mol. The lowest BCUT2D eigenvalue weighted by atomic mass is 10.2. The van der Waals surface area contributed by atoms with Gasteiger partial charge in [-0.15, -0.1) is 0 Å². The summed E-state index contributed by atoms with van der Waals surface area (Å²) in [7, 11) is -4.01. The van der Waals surface area contributed by atoms with Gasteiger partial charge in [0.25, 0.3) is 5.91 Å². The number of carbonyl (C=O) groups excluding carboxylic acids is 3. The second-order valence-corrected chi connectivity index (χ2v) is 11.3. The molecule has 41 heavy (non-hydrogen) atoms. The number of nitrogens with zero attached hydrogens (tertiary/aromatic N) is 5. The van der Waals surface area contributed by atoms with E-state index in [1.807, 2.05) is 12.1 Å². The fraction of sp³-hybridized carbons (Fsp3) is 0.333. The van der Waals surface area contributed by atoms with Crippen molar-refractivity contribution in [2.75, 3.05) is 26.3 Å². The third-order valence-corrected chi connectivity index (χ3v) is 8.62. The third kappa shape index (κ3) is 7.64. The summed E-state index contributed by atoms with van der Waals surface area (Å²) in [5, 5.41) is 17.7. The molecule has 0 saturated carbocycles. The Bertz CT molecular complexity index is 1680. The highest BCUT2D eigenvalue weighted by Crippen LogP contribution is 2.21. The van der Waals surface area contributed by atoms with Gasteiger partial charge in [0, 0.05) is 31.5 Å². The van der Waals surface area contributed by atoms with Crippen molar-refractivity contribution in [1.82, 2.24) is 8.87 Å². The number of thiazole rings is 1. The van der Waals surface area contributed by atoms with Gasteiger partial charge in [-0.2, -0.15) is 19.8 Å². The fourth-order valence-electron chi connectivity index (χ4n) is 3.76. The molecule has 2 aromatic carbocycles. The molecule has 0 bridgehead atoms. The van der Waals surface area contributed by atoms with Crippen molar-refractivity contribution in [2.45, 2.75) is 38.1 Å². The number of sulfonamides is 1. The number of hydrogen-bond donors (Lipinski definition) is 0. The first-order chi connectivity index (χ1) is 19.7. The van der Waals surface area contributed by atoms with Gasteiger partial charge in [0.05, 0.1) is 46.0 Å². The topological polar surface area (TPSA) is 172 Å². The summed E-state index contributed by atoms with van der Waals surface area (Å²) in [6.07, 6.45) is -0.0787. The predicted octanol–water partition coefficient (Wildman–Crippen LogP) is 3.00. The third-order valence-electron chi connectivity index (χ3n) is 5.67. The van der Waals surface area contributed by atoms with Crippen LogP contribution in [0.5, 0.6) is 0 Å². The molecule has 12 nitrogen and oxygen atoms in total. The molecule has 1 heterocycles. The van der Waals surface area contributed by atoms with Crippen molar-refractivity contribution >= 4 is 49.4 Å². The van der Waals surface area contributed by atoms with Crippen LogP contribution in [0, 0.1) is 22.7 Å². The maximum absolute atomic E-state index is 13.1. The van der Waals surface area contributed by atoms with E-state index in [4.69, 9.17) is 20.0 Å². The molecule has 0 aliphatic heterocycles. The number of amides is 1. The standard InChI is InChI=1S/C27H27N5O7S2/c1-3-38-24(33)18-32-22-12-9-20(26(35)39-4-2)17-23(22)40-27(32)30-25(34)19-7-10-21(11-8-19)41(36,37)31(15-5-13-28)16-6-14-29/h7-12,17H,3-6,15-16,18H2,1-2H3. The maximum atomic E-state index is 13.1. The smallest absolute Gasteiger partial charge is 0.338 e. The first-order valence-electron chi connectivity index (χ1n) is 12.6. The van der Waals surface area contributed by atoms with E-state index >= 15 is 0 Å². The highest BCUT2D eigenvalue weighted by atomic mass is 32.2. The van der Waals surface area contributed by atoms with Crippen molar-refractivity contribution in [1.29, 1.82) is 10.5 Å². The molecule has 0 spiro atoms. The van der Waals surface area contributed by atoms with Crippen LogP contribution in [0.25, 0.3) is 10.2 Å². The molecule has 14 heteroatoms. The molecule has 0 N–H and O–H groups in total. The summed E-state index contributed by atoms with van der Waals surface area (Å²) >= 11 is 1.09. The Morgan fingerprint density at radius 2 is 1.56 bits per heavy atom. The van der Waals surface area contributed by atoms with Gasteiger partial charge in [0.15, 0.2) is 4.80 Å². The van der Waals surface area contributed by atoms with Crippen LogP contribution in [-0.2, 0) is 30.8 Å². The highest BCUT2D eigenvalue weighted by Gasteiger charge is 2.24. The minimum absolute atomic E-state index is 0.0393. The van der Waals surface area contributed by atoms with Crippen molar-refractivity contribution in [3.8, 4) is 12.1 Å². The van der Waals surface area contributed by atoms with Crippen molar-refractivity contribution in [3.63, 3.8) is 0 Å². The monoisotopic (exact) mass is 597 g/mol. The van der Waals surface area contributed by atoms with E-state index in [2.05, 4.69) is 4.99 Å². The Kier molecular flexibility index (Phi) is 10.9. The maximum Gasteiger partial charge on any atom is 0.338 e. The molecular weight excluding hydrogens is 570 g/mol. The molecule has 3 rings (SSSR count). The second kappa shape index (κ2) is 14.3. The number of carbonyl (C=O) groups is 3. The minimum atomic E-state index is -4.01. The number of hydrogen-bond acceptors (Lipinski definition) is 10. The molecule has 0 atom stereocenters. The van der Waals surface area contributed by atoms with E-state index in [1.54, 1.807) is 32.0 Å². The number of ether oxygens (including phenoxy) is 2. The lowest BCUT2D eigenvalue weighted by Crippen LogP contribution is -2.32. The molecule has 0 saturated heterocycles. The summed E-state index contributed by atoms with van der Waals surface area (Å²) in [5.41, 5.74) is 0.952. The van der Waals surface area contributed by atoms with Gasteiger partial charge >= 0.3 is 11.9 Å². The lowest BCUT2D eigenvalue weighted by Gasteiger charge is -2.20. The summed E-state index contributed by atoms with van der Waals surface area (Å²) in [5.74, 6) is -1.74. The summed E-state index contributed by atoms with van der Waals surface area (Å²) in [6, 6.07) is 13.7. The quantitative estimate of drug-likeness (QED) is 0.285. The molecule has 0 aliphatic rings. The van der Waals surface area contributed by atoms with Crippen LogP contribution >= 0.6 is 11.3 Å². The minimum Gasteiger partial charge on any atom is -0.465 e. The zero-order chi connectivity index (χ0) is 30.0.